The van der Waals surface area contributed by atoms with Crippen molar-refractivity contribution in [2.75, 3.05) is 26.4 Å². The minimum Gasteiger partial charge on any atom is -0.489 e. The van der Waals surface area contributed by atoms with Crippen molar-refractivity contribution < 1.29 is 13.2 Å². The van der Waals surface area contributed by atoms with Gasteiger partial charge in [-0.2, -0.15) is 0 Å². The summed E-state index contributed by atoms with van der Waals surface area (Å²) < 4.78 is 30.1. The van der Waals surface area contributed by atoms with Crippen LogP contribution in [0.4, 0.5) is 0 Å². The highest BCUT2D eigenvalue weighted by atomic mass is 32.2. The first-order chi connectivity index (χ1) is 12.0. The largest absolute Gasteiger partial charge is 0.489 e. The lowest BCUT2D eigenvalue weighted by molar-refractivity contribution is 0.0972. The van der Waals surface area contributed by atoms with Gasteiger partial charge in [0.25, 0.3) is 0 Å². The van der Waals surface area contributed by atoms with Crippen LogP contribution < -0.4 is 10.1 Å². The summed E-state index contributed by atoms with van der Waals surface area (Å²) in [6.45, 7) is 2.31. The van der Waals surface area contributed by atoms with Gasteiger partial charge in [-0.25, -0.2) is 8.42 Å². The van der Waals surface area contributed by atoms with E-state index in [0.29, 0.717) is 17.5 Å². The van der Waals surface area contributed by atoms with Gasteiger partial charge in [-0.3, -0.25) is 4.90 Å². The molecule has 2 aliphatic rings. The second kappa shape index (κ2) is 6.12. The summed E-state index contributed by atoms with van der Waals surface area (Å²) in [6.07, 6.45) is 1.26. The third-order valence-corrected chi connectivity index (χ3v) is 6.23. The second-order valence-corrected chi connectivity index (χ2v) is 8.82. The number of hydrogen-bond acceptors (Lipinski definition) is 5. The van der Waals surface area contributed by atoms with E-state index in [0.717, 1.165) is 35.5 Å². The summed E-state index contributed by atoms with van der Waals surface area (Å²) in [5, 5.41) is 3.30. The SMILES string of the molecule is CNC1CN(C2c3cc(S(C)(=O)=O)ccc3COc3ccccc32)C1. The minimum atomic E-state index is -3.25. The van der Waals surface area contributed by atoms with Crippen LogP contribution >= 0.6 is 0 Å². The van der Waals surface area contributed by atoms with E-state index in [1.165, 1.54) is 6.26 Å². The van der Waals surface area contributed by atoms with E-state index < -0.39 is 9.84 Å². The Morgan fingerprint density at radius 3 is 2.60 bits per heavy atom. The standard InChI is InChI=1S/C19H22N2O3S/c1-20-14-10-21(11-14)19-16-5-3-4-6-18(16)24-12-13-7-8-15(9-17(13)19)25(2,22)23/h3-9,14,19-20H,10-12H2,1-2H3. The zero-order chi connectivity index (χ0) is 17.6. The van der Waals surface area contributed by atoms with Crippen LogP contribution in [-0.2, 0) is 16.4 Å². The molecule has 5 nitrogen and oxygen atoms in total. The lowest BCUT2D eigenvalue weighted by atomic mass is 9.90. The van der Waals surface area contributed by atoms with Crippen molar-refractivity contribution in [1.82, 2.24) is 10.2 Å². The van der Waals surface area contributed by atoms with Crippen molar-refractivity contribution in [3.05, 3.63) is 59.2 Å². The molecule has 1 unspecified atom stereocenters. The molecule has 2 heterocycles. The van der Waals surface area contributed by atoms with E-state index in [9.17, 15) is 8.42 Å². The molecule has 0 aromatic heterocycles. The number of para-hydroxylation sites is 1. The molecule has 1 saturated heterocycles. The van der Waals surface area contributed by atoms with Gasteiger partial charge >= 0.3 is 0 Å². The number of nitrogens with zero attached hydrogens (tertiary/aromatic N) is 1. The number of fused-ring (bicyclic) bond motifs is 2. The van der Waals surface area contributed by atoms with Crippen LogP contribution in [0, 0.1) is 0 Å². The number of rotatable bonds is 3. The Balaban J connectivity index is 1.85. The van der Waals surface area contributed by atoms with Gasteiger partial charge in [-0.1, -0.05) is 24.3 Å². The first kappa shape index (κ1) is 16.6. The number of benzene rings is 2. The van der Waals surface area contributed by atoms with Crippen LogP contribution in [0.2, 0.25) is 0 Å². The Hall–Kier alpha value is -1.89. The predicted octanol–water partition coefficient (Wildman–Crippen LogP) is 1.98. The van der Waals surface area contributed by atoms with Crippen LogP contribution in [-0.4, -0.2) is 45.8 Å². The highest BCUT2D eigenvalue weighted by Gasteiger charge is 2.37. The quantitative estimate of drug-likeness (QED) is 0.909. The van der Waals surface area contributed by atoms with Crippen molar-refractivity contribution in [1.29, 1.82) is 0 Å². The van der Waals surface area contributed by atoms with Gasteiger partial charge < -0.3 is 10.1 Å². The average Bonchev–Trinajstić information content (AvgIpc) is 2.70. The Morgan fingerprint density at radius 2 is 1.88 bits per heavy atom. The number of ether oxygens (including phenoxy) is 1. The fourth-order valence-corrected chi connectivity index (χ4v) is 4.31. The Kier molecular flexibility index (Phi) is 4.06. The maximum atomic E-state index is 12.1. The summed E-state index contributed by atoms with van der Waals surface area (Å²) in [5.74, 6) is 0.873. The topological polar surface area (TPSA) is 58.6 Å². The molecule has 0 saturated carbocycles. The van der Waals surface area contributed by atoms with Crippen LogP contribution in [0.5, 0.6) is 5.75 Å². The lowest BCUT2D eigenvalue weighted by Gasteiger charge is -2.44. The Bertz CT molecular complexity index is 905. The molecule has 1 fully saturated rings. The Morgan fingerprint density at radius 1 is 1.12 bits per heavy atom. The summed E-state index contributed by atoms with van der Waals surface area (Å²) >= 11 is 0. The van der Waals surface area contributed by atoms with Gasteiger partial charge in [0.15, 0.2) is 9.84 Å². The van der Waals surface area contributed by atoms with E-state index >= 15 is 0 Å². The lowest BCUT2D eigenvalue weighted by Crippen LogP contribution is -2.58. The van der Waals surface area contributed by atoms with Gasteiger partial charge in [-0.15, -0.1) is 0 Å². The second-order valence-electron chi connectivity index (χ2n) is 6.80. The molecule has 4 rings (SSSR count). The molecule has 2 aliphatic heterocycles. The first-order valence-electron chi connectivity index (χ1n) is 8.43. The third-order valence-electron chi connectivity index (χ3n) is 5.12. The molecule has 2 aromatic rings. The summed E-state index contributed by atoms with van der Waals surface area (Å²) in [5.41, 5.74) is 3.17. The minimum absolute atomic E-state index is 0.0139. The normalized spacial score (nSPS) is 20.8. The highest BCUT2D eigenvalue weighted by molar-refractivity contribution is 7.90. The van der Waals surface area contributed by atoms with Crippen molar-refractivity contribution >= 4 is 9.84 Å². The average molecular weight is 358 g/mol. The smallest absolute Gasteiger partial charge is 0.175 e. The fraction of sp³-hybridized carbons (Fsp3) is 0.368. The molecule has 0 bridgehead atoms. The van der Waals surface area contributed by atoms with E-state index in [2.05, 4.69) is 16.3 Å². The molecule has 2 aromatic carbocycles. The summed E-state index contributed by atoms with van der Waals surface area (Å²) in [7, 11) is -1.28. The number of sulfone groups is 1. The van der Waals surface area contributed by atoms with Gasteiger partial charge in [-0.05, 0) is 36.4 Å². The molecule has 1 atom stereocenters. The summed E-state index contributed by atoms with van der Waals surface area (Å²) in [6, 6.07) is 13.9. The zero-order valence-electron chi connectivity index (χ0n) is 14.4. The maximum Gasteiger partial charge on any atom is 0.175 e. The molecule has 0 amide bonds. The number of hydrogen-bond donors (Lipinski definition) is 1. The van der Waals surface area contributed by atoms with E-state index in [1.54, 1.807) is 6.07 Å². The molecule has 132 valence electrons. The summed E-state index contributed by atoms with van der Waals surface area (Å²) in [4.78, 5) is 2.74. The molecule has 0 aliphatic carbocycles. The van der Waals surface area contributed by atoms with Crippen molar-refractivity contribution in [3.8, 4) is 5.75 Å². The van der Waals surface area contributed by atoms with Crippen LogP contribution in [0.25, 0.3) is 0 Å². The van der Waals surface area contributed by atoms with Gasteiger partial charge in [0.1, 0.15) is 12.4 Å². The van der Waals surface area contributed by atoms with Crippen molar-refractivity contribution in [2.45, 2.75) is 23.6 Å². The molecular formula is C19H22N2O3S. The number of nitrogens with one attached hydrogen (secondary N) is 1. The van der Waals surface area contributed by atoms with Gasteiger partial charge in [0.05, 0.1) is 10.9 Å². The highest BCUT2D eigenvalue weighted by Crippen LogP contribution is 2.41. The molecule has 6 heteroatoms. The predicted molar refractivity (Wildman–Crippen MR) is 96.6 cm³/mol. The van der Waals surface area contributed by atoms with E-state index in [4.69, 9.17) is 4.74 Å². The van der Waals surface area contributed by atoms with Crippen LogP contribution in [0.15, 0.2) is 47.4 Å². The third kappa shape index (κ3) is 2.94. The zero-order valence-corrected chi connectivity index (χ0v) is 15.2. The van der Waals surface area contributed by atoms with E-state index in [1.807, 2.05) is 37.4 Å². The Labute approximate surface area is 148 Å². The van der Waals surface area contributed by atoms with Crippen molar-refractivity contribution in [3.63, 3.8) is 0 Å². The molecular weight excluding hydrogens is 336 g/mol. The van der Waals surface area contributed by atoms with E-state index in [-0.39, 0.29) is 6.04 Å². The van der Waals surface area contributed by atoms with Gasteiger partial charge in [0.2, 0.25) is 0 Å². The van der Waals surface area contributed by atoms with Crippen LogP contribution in [0.1, 0.15) is 22.7 Å². The molecule has 25 heavy (non-hydrogen) atoms. The number of likely N-dealkylation sites (tertiary alicyclic amines) is 1. The van der Waals surface area contributed by atoms with Crippen LogP contribution in [0.3, 0.4) is 0 Å². The fourth-order valence-electron chi connectivity index (χ4n) is 3.65. The monoisotopic (exact) mass is 358 g/mol. The van der Waals surface area contributed by atoms with Crippen molar-refractivity contribution in [2.24, 2.45) is 0 Å². The molecule has 0 spiro atoms. The molecule has 1 N–H and O–H groups in total. The maximum absolute atomic E-state index is 12.1. The number of likely N-dealkylation sites (N-methyl/N-ethyl adjacent to an activating group) is 1. The molecule has 0 radical (unpaired) electrons. The van der Waals surface area contributed by atoms with Gasteiger partial charge in [0, 0.05) is 31.0 Å². The first-order valence-corrected chi connectivity index (χ1v) is 10.3.